The van der Waals surface area contributed by atoms with Crippen LogP contribution in [0.5, 0.6) is 11.5 Å². The van der Waals surface area contributed by atoms with Gasteiger partial charge in [-0.05, 0) is 11.3 Å². The fraction of sp³-hybridized carbons (Fsp3) is 0.189. The quantitative estimate of drug-likeness (QED) is 0.163. The molecule has 0 radical (unpaired) electrons. The van der Waals surface area contributed by atoms with Crippen molar-refractivity contribution in [1.82, 2.24) is 0 Å². The summed E-state index contributed by atoms with van der Waals surface area (Å²) in [5, 5.41) is 4.68. The standard InChI is InChI=1S/C37H38O2P2/c1-28(2)33-26-27-34(37(3,4)5)36(39-41(31-22-14-8-15-23-31)32-24-16-9-17-25-32)35(33)38-40(29-18-10-6-11-19-29)30-20-12-7-13-21-30/h6-28H,1-5H3. The van der Waals surface area contributed by atoms with Crippen LogP contribution in [0.4, 0.5) is 0 Å². The Kier molecular flexibility index (Phi) is 9.24. The molecular weight excluding hydrogens is 538 g/mol. The van der Waals surface area contributed by atoms with Crippen LogP contribution in [0, 0.1) is 0 Å². The molecule has 41 heavy (non-hydrogen) atoms. The van der Waals surface area contributed by atoms with Crippen LogP contribution in [-0.2, 0) is 5.41 Å². The van der Waals surface area contributed by atoms with E-state index in [-0.39, 0.29) is 11.3 Å². The predicted molar refractivity (Wildman–Crippen MR) is 179 cm³/mol. The second-order valence-corrected chi connectivity index (χ2v) is 15.0. The van der Waals surface area contributed by atoms with E-state index in [2.05, 4.69) is 168 Å². The Balaban J connectivity index is 1.73. The van der Waals surface area contributed by atoms with Crippen LogP contribution >= 0.6 is 16.3 Å². The Morgan fingerprint density at radius 3 is 1.12 bits per heavy atom. The third kappa shape index (κ3) is 6.90. The highest BCUT2D eigenvalue weighted by Gasteiger charge is 2.31. The summed E-state index contributed by atoms with van der Waals surface area (Å²) in [6, 6.07) is 46.8. The van der Waals surface area contributed by atoms with Crippen molar-refractivity contribution in [2.45, 2.75) is 46.0 Å². The fourth-order valence-electron chi connectivity index (χ4n) is 4.75. The van der Waals surface area contributed by atoms with Crippen LogP contribution in [0.15, 0.2) is 133 Å². The van der Waals surface area contributed by atoms with Crippen LogP contribution in [0.25, 0.3) is 0 Å². The molecule has 0 N–H and O–H groups in total. The monoisotopic (exact) mass is 576 g/mol. The van der Waals surface area contributed by atoms with Crippen LogP contribution in [0.2, 0.25) is 0 Å². The molecule has 2 nitrogen and oxygen atoms in total. The highest BCUT2D eigenvalue weighted by Crippen LogP contribution is 2.52. The van der Waals surface area contributed by atoms with Crippen molar-refractivity contribution in [3.8, 4) is 11.5 Å². The topological polar surface area (TPSA) is 18.5 Å². The zero-order chi connectivity index (χ0) is 28.8. The normalized spacial score (nSPS) is 11.7. The average Bonchev–Trinajstić information content (AvgIpc) is 2.99. The van der Waals surface area contributed by atoms with Crippen LogP contribution in [0.3, 0.4) is 0 Å². The third-order valence-corrected chi connectivity index (χ3v) is 10.7. The summed E-state index contributed by atoms with van der Waals surface area (Å²) in [5.74, 6) is 1.96. The van der Waals surface area contributed by atoms with Gasteiger partial charge in [0.1, 0.15) is 0 Å². The van der Waals surface area contributed by atoms with Crippen molar-refractivity contribution >= 4 is 37.5 Å². The molecule has 5 aromatic carbocycles. The van der Waals surface area contributed by atoms with E-state index in [0.29, 0.717) is 0 Å². The van der Waals surface area contributed by atoms with Crippen LogP contribution in [-0.4, -0.2) is 0 Å². The van der Waals surface area contributed by atoms with E-state index in [0.717, 1.165) is 22.6 Å². The summed E-state index contributed by atoms with van der Waals surface area (Å²) in [6.45, 7) is 11.2. The van der Waals surface area contributed by atoms with Gasteiger partial charge >= 0.3 is 0 Å². The highest BCUT2D eigenvalue weighted by molar-refractivity contribution is 7.69. The smallest absolute Gasteiger partial charge is 0.170 e. The van der Waals surface area contributed by atoms with Crippen molar-refractivity contribution in [2.24, 2.45) is 0 Å². The van der Waals surface area contributed by atoms with Gasteiger partial charge in [0.15, 0.2) is 27.8 Å². The molecule has 0 aromatic heterocycles. The van der Waals surface area contributed by atoms with E-state index in [9.17, 15) is 0 Å². The van der Waals surface area contributed by atoms with E-state index in [1.807, 2.05) is 0 Å². The minimum Gasteiger partial charge on any atom is -0.460 e. The molecule has 5 rings (SSSR count). The zero-order valence-corrected chi connectivity index (χ0v) is 26.3. The van der Waals surface area contributed by atoms with E-state index < -0.39 is 16.3 Å². The molecule has 0 saturated carbocycles. The summed E-state index contributed by atoms with van der Waals surface area (Å²) in [7, 11) is -2.28. The van der Waals surface area contributed by atoms with Gasteiger partial charge in [-0.25, -0.2) is 0 Å². The molecule has 0 aliphatic rings. The van der Waals surface area contributed by atoms with Gasteiger partial charge in [0.25, 0.3) is 0 Å². The Labute approximate surface area is 248 Å². The molecule has 0 bridgehead atoms. The maximum absolute atomic E-state index is 7.29. The van der Waals surface area contributed by atoms with Gasteiger partial charge in [0.2, 0.25) is 0 Å². The lowest BCUT2D eigenvalue weighted by Gasteiger charge is -2.31. The molecule has 0 aliphatic heterocycles. The van der Waals surface area contributed by atoms with Gasteiger partial charge in [-0.1, -0.05) is 168 Å². The molecule has 0 saturated heterocycles. The highest BCUT2D eigenvalue weighted by atomic mass is 31.1. The van der Waals surface area contributed by atoms with Gasteiger partial charge < -0.3 is 9.05 Å². The number of hydrogen-bond donors (Lipinski definition) is 0. The molecular formula is C37H38O2P2. The summed E-state index contributed by atoms with van der Waals surface area (Å²) in [4.78, 5) is 0. The fourth-order valence-corrected chi connectivity index (χ4v) is 8.28. The molecule has 0 heterocycles. The second-order valence-electron chi connectivity index (χ2n) is 11.4. The SMILES string of the molecule is CC(C)c1ccc(C(C)(C)C)c(OP(c2ccccc2)c2ccccc2)c1OP(c1ccccc1)c1ccccc1. The molecule has 0 spiro atoms. The summed E-state index contributed by atoms with van der Waals surface area (Å²) in [5.41, 5.74) is 2.15. The second kappa shape index (κ2) is 13.0. The van der Waals surface area contributed by atoms with Crippen LogP contribution in [0.1, 0.15) is 51.7 Å². The molecule has 4 heteroatoms. The minimum absolute atomic E-state index is 0.153. The zero-order valence-electron chi connectivity index (χ0n) is 24.5. The first-order chi connectivity index (χ1) is 19.8. The Hall–Kier alpha value is -3.44. The van der Waals surface area contributed by atoms with Gasteiger partial charge in [-0.2, -0.15) is 0 Å². The molecule has 0 unspecified atom stereocenters. The Morgan fingerprint density at radius 1 is 0.463 bits per heavy atom. The Morgan fingerprint density at radius 2 is 0.805 bits per heavy atom. The molecule has 0 aliphatic carbocycles. The van der Waals surface area contributed by atoms with Crippen molar-refractivity contribution in [3.05, 3.63) is 145 Å². The van der Waals surface area contributed by atoms with E-state index >= 15 is 0 Å². The molecule has 5 aromatic rings. The molecule has 0 atom stereocenters. The minimum atomic E-state index is -1.14. The maximum atomic E-state index is 7.29. The molecule has 0 fully saturated rings. The van der Waals surface area contributed by atoms with Crippen molar-refractivity contribution in [3.63, 3.8) is 0 Å². The summed E-state index contributed by atoms with van der Waals surface area (Å²) >= 11 is 0. The first-order valence-corrected chi connectivity index (χ1v) is 16.7. The number of hydrogen-bond acceptors (Lipinski definition) is 2. The lowest BCUT2D eigenvalue weighted by atomic mass is 9.84. The van der Waals surface area contributed by atoms with E-state index in [4.69, 9.17) is 9.05 Å². The molecule has 208 valence electrons. The van der Waals surface area contributed by atoms with Crippen LogP contribution < -0.4 is 30.3 Å². The van der Waals surface area contributed by atoms with Crippen molar-refractivity contribution in [2.75, 3.05) is 0 Å². The van der Waals surface area contributed by atoms with E-state index in [1.165, 1.54) is 21.2 Å². The Bertz CT molecular complexity index is 1450. The van der Waals surface area contributed by atoms with Gasteiger partial charge in [0, 0.05) is 32.3 Å². The first-order valence-electron chi connectivity index (χ1n) is 14.2. The third-order valence-electron chi connectivity index (χ3n) is 6.90. The van der Waals surface area contributed by atoms with E-state index in [1.54, 1.807) is 0 Å². The lowest BCUT2D eigenvalue weighted by molar-refractivity contribution is 0.504. The first kappa shape index (κ1) is 29.1. The van der Waals surface area contributed by atoms with Gasteiger partial charge in [0.05, 0.1) is 0 Å². The van der Waals surface area contributed by atoms with Gasteiger partial charge in [-0.3, -0.25) is 0 Å². The average molecular weight is 577 g/mol. The molecule has 0 amide bonds. The van der Waals surface area contributed by atoms with Gasteiger partial charge in [-0.15, -0.1) is 0 Å². The van der Waals surface area contributed by atoms with Crippen molar-refractivity contribution in [1.29, 1.82) is 0 Å². The lowest BCUT2D eigenvalue weighted by Crippen LogP contribution is -2.21. The summed E-state index contributed by atoms with van der Waals surface area (Å²) in [6.07, 6.45) is 0. The summed E-state index contributed by atoms with van der Waals surface area (Å²) < 4.78 is 14.6. The predicted octanol–water partition coefficient (Wildman–Crippen LogP) is 8.96. The van der Waals surface area contributed by atoms with Crippen molar-refractivity contribution < 1.29 is 9.05 Å². The maximum Gasteiger partial charge on any atom is 0.170 e. The largest absolute Gasteiger partial charge is 0.460 e. The number of benzene rings is 5. The number of rotatable bonds is 9.